The lowest BCUT2D eigenvalue weighted by Gasteiger charge is -2.07. The first-order chi connectivity index (χ1) is 14.6. The topological polar surface area (TPSA) is 108 Å². The van der Waals surface area contributed by atoms with Crippen LogP contribution in [0, 0.1) is 6.08 Å². The van der Waals surface area contributed by atoms with Gasteiger partial charge in [-0.15, -0.1) is 11.3 Å². The zero-order valence-corrected chi connectivity index (χ0v) is 17.4. The molecule has 2 N–H and O–H groups in total. The quantitative estimate of drug-likeness (QED) is 0.302. The van der Waals surface area contributed by atoms with E-state index in [9.17, 15) is 13.2 Å². The summed E-state index contributed by atoms with van der Waals surface area (Å²) in [6, 6.07) is 11.6. The Morgan fingerprint density at radius 1 is 1.20 bits per heavy atom. The predicted octanol–water partition coefficient (Wildman–Crippen LogP) is 3.48. The summed E-state index contributed by atoms with van der Waals surface area (Å²) in [4.78, 5) is 12.1. The molecule has 0 bridgehead atoms. The first kappa shape index (κ1) is 20.4. The van der Waals surface area contributed by atoms with Crippen molar-refractivity contribution in [2.75, 3.05) is 10.0 Å². The van der Waals surface area contributed by atoms with Crippen molar-refractivity contribution in [1.29, 1.82) is 0 Å². The molecule has 0 aliphatic heterocycles. The lowest BCUT2D eigenvalue weighted by molar-refractivity contribution is 0.540. The molecule has 1 aromatic carbocycles. The van der Waals surface area contributed by atoms with Crippen LogP contribution in [0.1, 0.15) is 17.5 Å². The summed E-state index contributed by atoms with van der Waals surface area (Å²) in [6.45, 7) is 1.10. The molecule has 0 amide bonds. The van der Waals surface area contributed by atoms with Crippen molar-refractivity contribution >= 4 is 44.6 Å². The van der Waals surface area contributed by atoms with Gasteiger partial charge in [0.15, 0.2) is 17.0 Å². The number of thiophene rings is 1. The van der Waals surface area contributed by atoms with Crippen LogP contribution < -0.4 is 10.0 Å². The Labute approximate surface area is 178 Å². The molecule has 4 rings (SSSR count). The molecule has 30 heavy (non-hydrogen) atoms. The zero-order valence-electron chi connectivity index (χ0n) is 15.7. The molecule has 3 aromatic heterocycles. The van der Waals surface area contributed by atoms with Crippen molar-refractivity contribution in [3.05, 3.63) is 65.3 Å². The molecule has 0 saturated heterocycles. The van der Waals surface area contributed by atoms with E-state index < -0.39 is 17.3 Å². The highest BCUT2D eigenvalue weighted by molar-refractivity contribution is 7.80. The number of rotatable bonds is 9. The summed E-state index contributed by atoms with van der Waals surface area (Å²) in [5.41, 5.74) is 3.04. The first-order valence-electron chi connectivity index (χ1n) is 9.18. The van der Waals surface area contributed by atoms with Crippen molar-refractivity contribution in [3.8, 4) is 0 Å². The number of aryl methyl sites for hydroxylation is 2. The van der Waals surface area contributed by atoms with Crippen LogP contribution in [0.4, 0.5) is 15.2 Å². The van der Waals surface area contributed by atoms with Gasteiger partial charge in [-0.3, -0.25) is 4.21 Å². The average molecular weight is 446 g/mol. The van der Waals surface area contributed by atoms with E-state index in [1.807, 2.05) is 35.7 Å². The van der Waals surface area contributed by atoms with Crippen LogP contribution in [0.3, 0.4) is 0 Å². The average Bonchev–Trinajstić information content (AvgIpc) is 3.33. The maximum atomic E-state index is 14.0. The molecule has 3 heterocycles. The lowest BCUT2D eigenvalue weighted by atomic mass is 10.2. The van der Waals surface area contributed by atoms with Gasteiger partial charge in [0.25, 0.3) is 0 Å². The van der Waals surface area contributed by atoms with E-state index in [2.05, 4.69) is 25.0 Å². The highest BCUT2D eigenvalue weighted by Crippen LogP contribution is 2.23. The van der Waals surface area contributed by atoms with Crippen molar-refractivity contribution < 1.29 is 13.2 Å². The molecule has 0 spiro atoms. The van der Waals surface area contributed by atoms with Crippen molar-refractivity contribution in [3.63, 3.8) is 0 Å². The van der Waals surface area contributed by atoms with E-state index in [-0.39, 0.29) is 0 Å². The van der Waals surface area contributed by atoms with E-state index in [1.54, 1.807) is 17.0 Å². The Morgan fingerprint density at radius 3 is 2.83 bits per heavy atom. The molecule has 1 atom stereocenters. The number of halogens is 1. The summed E-state index contributed by atoms with van der Waals surface area (Å²) >= 11 is -0.991. The van der Waals surface area contributed by atoms with Gasteiger partial charge in [-0.05, 0) is 35.4 Å². The number of nitrogens with zero attached hydrogens (tertiary/aromatic N) is 4. The fourth-order valence-corrected chi connectivity index (χ4v) is 4.39. The SMILES string of the molecule is O=S([O-])Nc1cc(CCCn2cnc3c(NCc4ccccc4)nc(F)nc32)cs1. The van der Waals surface area contributed by atoms with E-state index in [1.165, 1.54) is 11.3 Å². The van der Waals surface area contributed by atoms with Crippen LogP contribution in [-0.2, 0) is 30.8 Å². The molecule has 0 radical (unpaired) electrons. The molecule has 156 valence electrons. The van der Waals surface area contributed by atoms with Gasteiger partial charge >= 0.3 is 6.08 Å². The Kier molecular flexibility index (Phi) is 6.31. The van der Waals surface area contributed by atoms with Gasteiger partial charge in [0.1, 0.15) is 0 Å². The molecule has 0 saturated carbocycles. The standard InChI is InChI=1S/C19H19FN6O2S2/c20-19-23-17(21-10-13-5-2-1-3-6-13)16-18(24-19)26(12-22-16)8-4-7-14-9-15(29-11-14)25-30(27)28/h1-3,5-6,9,11-12,25H,4,7-8,10H2,(H,27,28)(H,21,23,24)/p-1. The molecule has 0 fully saturated rings. The molecular formula is C19H18FN6O2S2-. The van der Waals surface area contributed by atoms with Gasteiger partial charge in [-0.1, -0.05) is 30.3 Å². The number of hydrogen-bond donors (Lipinski definition) is 2. The largest absolute Gasteiger partial charge is 0.755 e. The van der Waals surface area contributed by atoms with Crippen molar-refractivity contribution in [2.45, 2.75) is 25.9 Å². The van der Waals surface area contributed by atoms with E-state index in [4.69, 9.17) is 0 Å². The third-order valence-corrected chi connectivity index (χ3v) is 5.85. The van der Waals surface area contributed by atoms with Gasteiger partial charge in [0.05, 0.1) is 11.3 Å². The van der Waals surface area contributed by atoms with Gasteiger partial charge in [0, 0.05) is 24.4 Å². The monoisotopic (exact) mass is 445 g/mol. The number of imidazole rings is 1. The Morgan fingerprint density at radius 2 is 2.03 bits per heavy atom. The summed E-state index contributed by atoms with van der Waals surface area (Å²) < 4.78 is 39.5. The first-order valence-corrected chi connectivity index (χ1v) is 11.1. The van der Waals surface area contributed by atoms with E-state index >= 15 is 0 Å². The molecular weight excluding hydrogens is 427 g/mol. The van der Waals surface area contributed by atoms with Crippen molar-refractivity contribution in [1.82, 2.24) is 19.5 Å². The maximum Gasteiger partial charge on any atom is 0.312 e. The maximum absolute atomic E-state index is 14.0. The van der Waals surface area contributed by atoms with E-state index in [0.717, 1.165) is 24.0 Å². The second-order valence-electron chi connectivity index (χ2n) is 6.55. The normalized spacial score (nSPS) is 12.2. The second-order valence-corrected chi connectivity index (χ2v) is 8.13. The van der Waals surface area contributed by atoms with Crippen LogP contribution in [0.5, 0.6) is 0 Å². The number of anilines is 2. The zero-order chi connectivity index (χ0) is 20.9. The number of aromatic nitrogens is 4. The second kappa shape index (κ2) is 9.28. The highest BCUT2D eigenvalue weighted by atomic mass is 32.2. The smallest absolute Gasteiger partial charge is 0.312 e. The van der Waals surface area contributed by atoms with Crippen LogP contribution in [0.2, 0.25) is 0 Å². The molecule has 8 nitrogen and oxygen atoms in total. The van der Waals surface area contributed by atoms with Crippen LogP contribution >= 0.6 is 11.3 Å². The number of nitrogens with one attached hydrogen (secondary N) is 2. The molecule has 11 heteroatoms. The molecule has 0 aliphatic rings. The number of hydrogen-bond acceptors (Lipinski definition) is 7. The van der Waals surface area contributed by atoms with Crippen LogP contribution in [-0.4, -0.2) is 28.3 Å². The van der Waals surface area contributed by atoms with E-state index in [0.29, 0.717) is 35.1 Å². The molecule has 4 aromatic rings. The summed E-state index contributed by atoms with van der Waals surface area (Å²) in [5, 5.41) is 5.63. The minimum atomic E-state index is -2.33. The fourth-order valence-electron chi connectivity index (χ4n) is 3.08. The third kappa shape index (κ3) is 4.99. The van der Waals surface area contributed by atoms with Gasteiger partial charge in [-0.2, -0.15) is 14.4 Å². The third-order valence-electron chi connectivity index (χ3n) is 4.44. The number of benzene rings is 1. The Hall–Kier alpha value is -2.89. The number of fused-ring (bicyclic) bond motifs is 1. The minimum absolute atomic E-state index is 0.360. The molecule has 1 unspecified atom stereocenters. The molecule has 0 aliphatic carbocycles. The summed E-state index contributed by atoms with van der Waals surface area (Å²) in [6.07, 6.45) is 2.34. The summed E-state index contributed by atoms with van der Waals surface area (Å²) in [7, 11) is 0. The lowest BCUT2D eigenvalue weighted by Crippen LogP contribution is -2.06. The van der Waals surface area contributed by atoms with Gasteiger partial charge in [-0.25, -0.2) is 4.98 Å². The van der Waals surface area contributed by atoms with Gasteiger partial charge < -0.3 is 19.2 Å². The van der Waals surface area contributed by atoms with Crippen LogP contribution in [0.25, 0.3) is 11.2 Å². The highest BCUT2D eigenvalue weighted by Gasteiger charge is 2.13. The van der Waals surface area contributed by atoms with Crippen molar-refractivity contribution in [2.24, 2.45) is 0 Å². The Balaban J connectivity index is 1.43. The Bertz CT molecular complexity index is 1160. The van der Waals surface area contributed by atoms with Gasteiger partial charge in [0.2, 0.25) is 0 Å². The van der Waals surface area contributed by atoms with Crippen LogP contribution in [0.15, 0.2) is 48.1 Å². The fraction of sp³-hybridized carbons (Fsp3) is 0.211. The summed E-state index contributed by atoms with van der Waals surface area (Å²) in [5.74, 6) is 0.360. The minimum Gasteiger partial charge on any atom is -0.755 e. The predicted molar refractivity (Wildman–Crippen MR) is 114 cm³/mol.